The fraction of sp³-hybridized carbons (Fsp3) is 0.200. The van der Waals surface area contributed by atoms with Gasteiger partial charge in [-0.3, -0.25) is 19.6 Å². The number of pyridine rings is 2. The van der Waals surface area contributed by atoms with Gasteiger partial charge in [-0.15, -0.1) is 0 Å². The lowest BCUT2D eigenvalue weighted by Crippen LogP contribution is -2.41. The Kier molecular flexibility index (Phi) is 6.23. The lowest BCUT2D eigenvalue weighted by Gasteiger charge is -2.15. The molecule has 0 aliphatic rings. The van der Waals surface area contributed by atoms with Crippen LogP contribution >= 0.6 is 31.9 Å². The number of nitrogens with one attached hydrogen (secondary N) is 2. The van der Waals surface area contributed by atoms with E-state index in [0.717, 1.165) is 8.95 Å². The Hall–Kier alpha value is -1.80. The Morgan fingerprint density at radius 2 is 1.52 bits per heavy atom. The van der Waals surface area contributed by atoms with Gasteiger partial charge in [-0.05, 0) is 50.9 Å². The van der Waals surface area contributed by atoms with Gasteiger partial charge in [-0.2, -0.15) is 0 Å². The topological polar surface area (TPSA) is 84.0 Å². The molecule has 0 saturated carbocycles. The Morgan fingerprint density at radius 1 is 1.00 bits per heavy atom. The van der Waals surface area contributed by atoms with Crippen molar-refractivity contribution in [2.75, 3.05) is 6.54 Å². The average Bonchev–Trinajstić information content (AvgIpc) is 2.52. The van der Waals surface area contributed by atoms with Crippen LogP contribution in [-0.2, 0) is 0 Å². The third kappa shape index (κ3) is 5.40. The zero-order valence-corrected chi connectivity index (χ0v) is 15.4. The minimum atomic E-state index is -0.246. The number of rotatable bonds is 5. The second kappa shape index (κ2) is 8.16. The zero-order chi connectivity index (χ0) is 16.8. The normalized spacial score (nSPS) is 11.6. The number of hydrogen-bond acceptors (Lipinski definition) is 4. The van der Waals surface area contributed by atoms with Crippen LogP contribution in [0, 0.1) is 0 Å². The predicted molar refractivity (Wildman–Crippen MR) is 93.1 cm³/mol. The van der Waals surface area contributed by atoms with Gasteiger partial charge in [0.25, 0.3) is 11.8 Å². The molecule has 8 heteroatoms. The molecule has 0 saturated heterocycles. The van der Waals surface area contributed by atoms with Crippen LogP contribution in [0.15, 0.2) is 45.9 Å². The van der Waals surface area contributed by atoms with E-state index in [1.54, 1.807) is 24.5 Å². The van der Waals surface area contributed by atoms with Gasteiger partial charge in [0.2, 0.25) is 0 Å². The van der Waals surface area contributed by atoms with Crippen molar-refractivity contribution in [1.82, 2.24) is 20.6 Å². The molecule has 0 fully saturated rings. The molecule has 23 heavy (non-hydrogen) atoms. The van der Waals surface area contributed by atoms with Crippen LogP contribution in [0.2, 0.25) is 0 Å². The van der Waals surface area contributed by atoms with E-state index in [1.807, 2.05) is 6.92 Å². The quantitative estimate of drug-likeness (QED) is 0.746. The number of aromatic nitrogens is 2. The molecule has 1 unspecified atom stereocenters. The summed E-state index contributed by atoms with van der Waals surface area (Å²) >= 11 is 6.53. The summed E-state index contributed by atoms with van der Waals surface area (Å²) in [5, 5.41) is 5.56. The Bertz CT molecular complexity index is 724. The molecule has 0 aliphatic heterocycles. The maximum Gasteiger partial charge on any atom is 0.253 e. The van der Waals surface area contributed by atoms with Crippen LogP contribution in [0.4, 0.5) is 0 Å². The second-order valence-electron chi connectivity index (χ2n) is 4.87. The monoisotopic (exact) mass is 440 g/mol. The number of carbonyl (C=O) groups excluding carboxylic acids is 2. The number of nitrogens with zero attached hydrogens (tertiary/aromatic N) is 2. The highest BCUT2D eigenvalue weighted by molar-refractivity contribution is 9.10. The van der Waals surface area contributed by atoms with Gasteiger partial charge in [-0.1, -0.05) is 0 Å². The van der Waals surface area contributed by atoms with Crippen LogP contribution in [0.3, 0.4) is 0 Å². The van der Waals surface area contributed by atoms with Crippen molar-refractivity contribution in [2.45, 2.75) is 13.0 Å². The van der Waals surface area contributed by atoms with Crippen molar-refractivity contribution >= 4 is 43.7 Å². The van der Waals surface area contributed by atoms with E-state index in [1.165, 1.54) is 12.4 Å². The highest BCUT2D eigenvalue weighted by Crippen LogP contribution is 2.10. The Balaban J connectivity index is 1.86. The van der Waals surface area contributed by atoms with Crippen LogP contribution < -0.4 is 10.6 Å². The minimum Gasteiger partial charge on any atom is -0.350 e. The summed E-state index contributed by atoms with van der Waals surface area (Å²) in [7, 11) is 0. The summed E-state index contributed by atoms with van der Waals surface area (Å²) in [6, 6.07) is 3.13. The first kappa shape index (κ1) is 17.6. The van der Waals surface area contributed by atoms with Gasteiger partial charge in [0.05, 0.1) is 11.1 Å². The van der Waals surface area contributed by atoms with Crippen molar-refractivity contribution in [3.05, 3.63) is 57.0 Å². The van der Waals surface area contributed by atoms with E-state index in [9.17, 15) is 9.59 Å². The van der Waals surface area contributed by atoms with Gasteiger partial charge in [0.15, 0.2) is 0 Å². The molecule has 2 N–H and O–H groups in total. The fourth-order valence-electron chi connectivity index (χ4n) is 1.78. The Morgan fingerprint density at radius 3 is 2.04 bits per heavy atom. The van der Waals surface area contributed by atoms with Gasteiger partial charge in [0, 0.05) is 46.3 Å². The van der Waals surface area contributed by atoms with Crippen molar-refractivity contribution in [3.63, 3.8) is 0 Å². The number of amides is 2. The molecule has 2 rings (SSSR count). The fourth-order valence-corrected chi connectivity index (χ4v) is 2.51. The van der Waals surface area contributed by atoms with Crippen molar-refractivity contribution in [3.8, 4) is 0 Å². The first-order valence-electron chi connectivity index (χ1n) is 6.76. The highest BCUT2D eigenvalue weighted by atomic mass is 79.9. The van der Waals surface area contributed by atoms with Crippen LogP contribution in [-0.4, -0.2) is 34.4 Å². The van der Waals surface area contributed by atoms with Gasteiger partial charge in [-0.25, -0.2) is 0 Å². The van der Waals surface area contributed by atoms with Crippen LogP contribution in [0.5, 0.6) is 0 Å². The van der Waals surface area contributed by atoms with Crippen LogP contribution in [0.1, 0.15) is 27.6 Å². The smallest absolute Gasteiger partial charge is 0.253 e. The molecule has 0 radical (unpaired) electrons. The first-order valence-corrected chi connectivity index (χ1v) is 8.34. The summed E-state index contributed by atoms with van der Waals surface area (Å²) in [4.78, 5) is 32.0. The van der Waals surface area contributed by atoms with Gasteiger partial charge < -0.3 is 10.6 Å². The number of hydrogen-bond donors (Lipinski definition) is 2. The number of carbonyl (C=O) groups is 2. The summed E-state index contributed by atoms with van der Waals surface area (Å²) in [6.45, 7) is 2.11. The maximum absolute atomic E-state index is 12.1. The minimum absolute atomic E-state index is 0.231. The highest BCUT2D eigenvalue weighted by Gasteiger charge is 2.12. The summed E-state index contributed by atoms with van der Waals surface area (Å²) in [5.41, 5.74) is 0.905. The van der Waals surface area contributed by atoms with Gasteiger partial charge >= 0.3 is 0 Å². The van der Waals surface area contributed by atoms with E-state index >= 15 is 0 Å². The van der Waals surface area contributed by atoms with Crippen molar-refractivity contribution < 1.29 is 9.59 Å². The Labute approximate surface area is 150 Å². The molecular weight excluding hydrogens is 428 g/mol. The molecule has 2 heterocycles. The molecule has 2 aromatic heterocycles. The predicted octanol–water partition coefficient (Wildman–Crippen LogP) is 2.55. The van der Waals surface area contributed by atoms with E-state index in [-0.39, 0.29) is 17.9 Å². The lowest BCUT2D eigenvalue weighted by molar-refractivity contribution is 0.0912. The number of halogens is 2. The first-order chi connectivity index (χ1) is 11.0. The average molecular weight is 442 g/mol. The standard InChI is InChI=1S/C15H14Br2N4O2/c1-9(21-15(23)11-3-13(17)8-19-6-11)4-20-14(22)10-2-12(16)7-18-5-10/h2-3,5-9H,4H2,1H3,(H,20,22)(H,21,23). The van der Waals surface area contributed by atoms with E-state index in [0.29, 0.717) is 17.7 Å². The molecule has 0 bridgehead atoms. The van der Waals surface area contributed by atoms with Crippen molar-refractivity contribution in [1.29, 1.82) is 0 Å². The SMILES string of the molecule is CC(CNC(=O)c1cncc(Br)c1)NC(=O)c1cncc(Br)c1. The molecule has 6 nitrogen and oxygen atoms in total. The molecule has 1 atom stereocenters. The zero-order valence-electron chi connectivity index (χ0n) is 12.2. The molecule has 120 valence electrons. The summed E-state index contributed by atoms with van der Waals surface area (Å²) in [6.07, 6.45) is 6.17. The third-order valence-corrected chi connectivity index (χ3v) is 3.75. The lowest BCUT2D eigenvalue weighted by atomic mass is 10.2. The third-order valence-electron chi connectivity index (χ3n) is 2.88. The van der Waals surface area contributed by atoms with E-state index in [2.05, 4.69) is 52.5 Å². The molecule has 0 aliphatic carbocycles. The van der Waals surface area contributed by atoms with E-state index in [4.69, 9.17) is 0 Å². The van der Waals surface area contributed by atoms with Crippen LogP contribution in [0.25, 0.3) is 0 Å². The molecule has 0 aromatic carbocycles. The van der Waals surface area contributed by atoms with Crippen molar-refractivity contribution in [2.24, 2.45) is 0 Å². The molecule has 0 spiro atoms. The maximum atomic E-state index is 12.1. The largest absolute Gasteiger partial charge is 0.350 e. The molecule has 2 amide bonds. The summed E-state index contributed by atoms with van der Waals surface area (Å²) < 4.78 is 1.46. The second-order valence-corrected chi connectivity index (χ2v) is 6.70. The summed E-state index contributed by atoms with van der Waals surface area (Å²) in [5.74, 6) is -0.492. The van der Waals surface area contributed by atoms with E-state index < -0.39 is 0 Å². The molecular formula is C15H14Br2N4O2. The molecule has 2 aromatic rings. The van der Waals surface area contributed by atoms with Gasteiger partial charge in [0.1, 0.15) is 0 Å².